The zero-order valence-corrected chi connectivity index (χ0v) is 44.0. The first-order valence-electron chi connectivity index (χ1n) is 28.2. The molecule has 16 heteroatoms. The lowest BCUT2D eigenvalue weighted by Gasteiger charge is -2.36. The number of carbonyl (C=O) groups is 7. The summed E-state index contributed by atoms with van der Waals surface area (Å²) in [6.07, 6.45) is 15.7. The number of hydrogen-bond donors (Lipinski definition) is 7. The highest BCUT2D eigenvalue weighted by atomic mass is 16.2. The lowest BCUT2D eigenvalue weighted by atomic mass is 9.83. The van der Waals surface area contributed by atoms with Crippen LogP contribution in [0.15, 0.2) is 72.8 Å². The van der Waals surface area contributed by atoms with Crippen LogP contribution in [0.4, 0.5) is 0 Å². The van der Waals surface area contributed by atoms with Gasteiger partial charge in [0.15, 0.2) is 0 Å². The van der Waals surface area contributed by atoms with Crippen molar-refractivity contribution < 1.29 is 33.6 Å². The number of benzene rings is 3. The minimum atomic E-state index is -0.892. The number of likely N-dealkylation sites (tertiary alicyclic amines) is 2. The summed E-state index contributed by atoms with van der Waals surface area (Å²) in [7, 11) is 1.73. The number of aryl methyl sites for hydroxylation is 2. The van der Waals surface area contributed by atoms with Crippen molar-refractivity contribution in [3.63, 3.8) is 0 Å². The van der Waals surface area contributed by atoms with Gasteiger partial charge in [0.1, 0.15) is 18.1 Å². The topological polar surface area (TPSA) is 224 Å². The van der Waals surface area contributed by atoms with Crippen LogP contribution < -0.4 is 37.6 Å². The number of rotatable bonds is 16. The van der Waals surface area contributed by atoms with Crippen molar-refractivity contribution >= 4 is 41.4 Å². The molecule has 4 aliphatic carbocycles. The molecule has 2 heterocycles. The second-order valence-electron chi connectivity index (χ2n) is 22.3. The van der Waals surface area contributed by atoms with Crippen molar-refractivity contribution in [2.45, 2.75) is 183 Å². The van der Waals surface area contributed by atoms with E-state index < -0.39 is 54.1 Å². The average Bonchev–Trinajstić information content (AvgIpc) is 4.07. The predicted octanol–water partition coefficient (Wildman–Crippen LogP) is 5.44. The molecule has 8 N–H and O–H groups in total. The van der Waals surface area contributed by atoms with Crippen molar-refractivity contribution in [3.8, 4) is 0 Å². The maximum absolute atomic E-state index is 14.9. The molecule has 0 unspecified atom stereocenters. The SMILES string of the molecule is CC[C@H](NC)C(=O)N[C@H](C(=O)N1C[C@@H](NC(=O)c2ccc(C(=O)N[C@H]3C[C@@H](C(=O)N[C@@H]4CCCc5ccccc54)N(C(=O)[C@@H](N)C4CCCCC4)C3)cc2)C[C@H]1C(=O)N[C@@H]1CCCc2ccccc21)C1CCCCC1. The summed E-state index contributed by atoms with van der Waals surface area (Å²) in [5.74, 6) is -2.26. The first-order chi connectivity index (χ1) is 36.4. The Morgan fingerprint density at radius 2 is 1.01 bits per heavy atom. The highest BCUT2D eigenvalue weighted by molar-refractivity contribution is 5.99. The maximum Gasteiger partial charge on any atom is 0.251 e. The van der Waals surface area contributed by atoms with Crippen LogP contribution in [0.5, 0.6) is 0 Å². The van der Waals surface area contributed by atoms with Crippen molar-refractivity contribution in [2.24, 2.45) is 17.6 Å². The summed E-state index contributed by atoms with van der Waals surface area (Å²) < 4.78 is 0. The van der Waals surface area contributed by atoms with Gasteiger partial charge in [0.05, 0.1) is 24.2 Å². The molecular weight excluding hydrogens is 947 g/mol. The van der Waals surface area contributed by atoms with E-state index in [4.69, 9.17) is 5.73 Å². The Labute approximate surface area is 442 Å². The molecule has 16 nitrogen and oxygen atoms in total. The molecule has 4 fully saturated rings. The number of nitrogens with two attached hydrogens (primary N) is 1. The minimum Gasteiger partial charge on any atom is -0.347 e. The Morgan fingerprint density at radius 1 is 0.560 bits per heavy atom. The third-order valence-electron chi connectivity index (χ3n) is 17.4. The van der Waals surface area contributed by atoms with Crippen LogP contribution in [0.25, 0.3) is 0 Å². The zero-order chi connectivity index (χ0) is 52.6. The lowest BCUT2D eigenvalue weighted by Crippen LogP contribution is -2.58. The first-order valence-corrected chi connectivity index (χ1v) is 28.2. The molecule has 0 spiro atoms. The lowest BCUT2D eigenvalue weighted by molar-refractivity contribution is -0.143. The van der Waals surface area contributed by atoms with Crippen molar-refractivity contribution in [1.29, 1.82) is 0 Å². The fourth-order valence-corrected chi connectivity index (χ4v) is 13.2. The number of fused-ring (bicyclic) bond motifs is 2. The Morgan fingerprint density at radius 3 is 1.48 bits per heavy atom. The van der Waals surface area contributed by atoms with Crippen molar-refractivity contribution in [2.75, 3.05) is 20.1 Å². The molecule has 0 aromatic heterocycles. The molecule has 3 aromatic rings. The van der Waals surface area contributed by atoms with Gasteiger partial charge < -0.3 is 47.4 Å². The van der Waals surface area contributed by atoms with Gasteiger partial charge >= 0.3 is 0 Å². The molecule has 2 aliphatic heterocycles. The number of hydrogen-bond acceptors (Lipinski definition) is 9. The number of nitrogens with zero attached hydrogens (tertiary/aromatic N) is 2. The molecule has 2 saturated carbocycles. The van der Waals surface area contributed by atoms with E-state index in [0.717, 1.165) is 114 Å². The van der Waals surface area contributed by atoms with Crippen LogP contribution in [0.2, 0.25) is 0 Å². The molecule has 7 amide bonds. The van der Waals surface area contributed by atoms with Gasteiger partial charge in [-0.3, -0.25) is 33.6 Å². The second kappa shape index (κ2) is 24.7. The van der Waals surface area contributed by atoms with Gasteiger partial charge in [0.2, 0.25) is 29.5 Å². The summed E-state index contributed by atoms with van der Waals surface area (Å²) >= 11 is 0. The van der Waals surface area contributed by atoms with E-state index in [2.05, 4.69) is 50.1 Å². The van der Waals surface area contributed by atoms with E-state index in [9.17, 15) is 33.6 Å². The number of nitrogens with one attached hydrogen (secondary N) is 6. The van der Waals surface area contributed by atoms with E-state index in [1.807, 2.05) is 37.3 Å². The van der Waals surface area contributed by atoms with Gasteiger partial charge in [-0.25, -0.2) is 0 Å². The molecular formula is C59H79N9O7. The molecule has 6 aliphatic rings. The molecule has 75 heavy (non-hydrogen) atoms. The Bertz CT molecular complexity index is 2540. The van der Waals surface area contributed by atoms with Crippen LogP contribution >= 0.6 is 0 Å². The van der Waals surface area contributed by atoms with E-state index in [-0.39, 0.29) is 84.9 Å². The quantitative estimate of drug-likeness (QED) is 0.0969. The first kappa shape index (κ1) is 53.7. The van der Waals surface area contributed by atoms with Crippen LogP contribution in [0, 0.1) is 11.8 Å². The summed E-state index contributed by atoms with van der Waals surface area (Å²) in [5, 5.41) is 18.8. The third kappa shape index (κ3) is 12.4. The highest BCUT2D eigenvalue weighted by Gasteiger charge is 2.47. The summed E-state index contributed by atoms with van der Waals surface area (Å²) in [6, 6.07) is 17.3. The van der Waals surface area contributed by atoms with E-state index in [1.54, 1.807) is 41.1 Å². The molecule has 9 atom stereocenters. The monoisotopic (exact) mass is 1030 g/mol. The fraction of sp³-hybridized carbons (Fsp3) is 0.576. The van der Waals surface area contributed by atoms with Crippen LogP contribution in [0.3, 0.4) is 0 Å². The van der Waals surface area contributed by atoms with E-state index >= 15 is 0 Å². The normalized spacial score (nSPS) is 25.2. The average molecular weight is 1030 g/mol. The predicted molar refractivity (Wildman–Crippen MR) is 286 cm³/mol. The van der Waals surface area contributed by atoms with Crippen molar-refractivity contribution in [1.82, 2.24) is 41.7 Å². The van der Waals surface area contributed by atoms with Crippen molar-refractivity contribution in [3.05, 3.63) is 106 Å². The smallest absolute Gasteiger partial charge is 0.251 e. The summed E-state index contributed by atoms with van der Waals surface area (Å²) in [5.41, 5.74) is 11.8. The van der Waals surface area contributed by atoms with Gasteiger partial charge in [-0.05, 0) is 149 Å². The standard InChI is InChI=1S/C59H79N9O7/c1-3-46(61-2)55(71)66-52(39-20-8-5-9-21-39)59(75)68-35-43(33-50(68)57(73)65-48-27-15-23-37-17-11-13-25-45(37)48)63-54(70)41-30-28-40(29-31-41)53(69)62-42-32-49(67(34-42)58(74)51(60)38-18-6-4-7-19-38)56(72)64-47-26-14-22-36-16-10-12-24-44(36)47/h10-13,16-17,24-25,28-31,38-39,42-43,46-52,61H,3-9,14-15,18-23,26-27,32-35,60H2,1-2H3,(H,62,69)(H,63,70)(H,64,72)(H,65,73)(H,66,71)/t42-,43-,46-,47+,48+,49-,50-,51-,52-/m0/s1. The van der Waals surface area contributed by atoms with Gasteiger partial charge in [0, 0.05) is 36.3 Å². The summed E-state index contributed by atoms with van der Waals surface area (Å²) in [4.78, 5) is 103. The van der Waals surface area contributed by atoms with Gasteiger partial charge in [-0.15, -0.1) is 0 Å². The number of carbonyl (C=O) groups excluding carboxylic acids is 7. The molecule has 0 radical (unpaired) electrons. The van der Waals surface area contributed by atoms with Gasteiger partial charge in [0.25, 0.3) is 11.8 Å². The molecule has 2 saturated heterocycles. The Balaban J connectivity index is 0.877. The zero-order valence-electron chi connectivity index (χ0n) is 44.0. The highest BCUT2D eigenvalue weighted by Crippen LogP contribution is 2.35. The number of amides is 7. The second-order valence-corrected chi connectivity index (χ2v) is 22.3. The number of likely N-dealkylation sites (N-methyl/N-ethyl adjacent to an activating group) is 1. The molecule has 9 rings (SSSR count). The molecule has 0 bridgehead atoms. The van der Waals surface area contributed by atoms with Gasteiger partial charge in [-0.2, -0.15) is 0 Å². The van der Waals surface area contributed by atoms with Crippen LogP contribution in [-0.2, 0) is 36.8 Å². The van der Waals surface area contributed by atoms with E-state index in [0.29, 0.717) is 12.0 Å². The Kier molecular flexibility index (Phi) is 17.7. The molecule has 3 aromatic carbocycles. The minimum absolute atomic E-state index is 0.0421. The van der Waals surface area contributed by atoms with E-state index in [1.165, 1.54) is 11.1 Å². The van der Waals surface area contributed by atoms with Crippen LogP contribution in [0.1, 0.15) is 171 Å². The molecule has 402 valence electrons. The Hall–Kier alpha value is -6.13. The third-order valence-corrected chi connectivity index (χ3v) is 17.4. The largest absolute Gasteiger partial charge is 0.347 e. The maximum atomic E-state index is 14.9. The summed E-state index contributed by atoms with van der Waals surface area (Å²) in [6.45, 7) is 2.13. The van der Waals surface area contributed by atoms with Crippen LogP contribution in [-0.4, -0.2) is 114 Å². The fourth-order valence-electron chi connectivity index (χ4n) is 13.2. The van der Waals surface area contributed by atoms with Gasteiger partial charge in [-0.1, -0.05) is 94.0 Å².